The Morgan fingerprint density at radius 1 is 1.16 bits per heavy atom. The molecule has 100 valence electrons. The molecule has 1 atom stereocenters. The van der Waals surface area contributed by atoms with Crippen LogP contribution in [0.1, 0.15) is 10.4 Å². The number of rotatable bonds is 4. The predicted octanol–water partition coefficient (Wildman–Crippen LogP) is 2.20. The lowest BCUT2D eigenvalue weighted by Crippen LogP contribution is -2.35. The van der Waals surface area contributed by atoms with Crippen molar-refractivity contribution in [3.8, 4) is 0 Å². The first kappa shape index (κ1) is 13.4. The summed E-state index contributed by atoms with van der Waals surface area (Å²) in [5.41, 5.74) is 0.375. The number of aliphatic hydroxyl groups excluding tert-OH is 1. The minimum absolute atomic E-state index is 0.375. The zero-order valence-electron chi connectivity index (χ0n) is 10.0. The number of alkyl halides is 2. The maximum Gasteiger partial charge on any atom is 0.265 e. The molecule has 1 amide bonds. The first-order chi connectivity index (χ1) is 9.08. The van der Waals surface area contributed by atoms with Gasteiger partial charge in [-0.05, 0) is 22.9 Å². The summed E-state index contributed by atoms with van der Waals surface area (Å²) in [5.74, 6) is -0.481. The third-order valence-electron chi connectivity index (χ3n) is 2.77. The van der Waals surface area contributed by atoms with E-state index in [0.29, 0.717) is 5.56 Å². The lowest BCUT2D eigenvalue weighted by molar-refractivity contribution is -0.00270. The first-order valence-electron chi connectivity index (χ1n) is 5.81. The quantitative estimate of drug-likeness (QED) is 0.890. The Hall–Kier alpha value is -2.01. The van der Waals surface area contributed by atoms with Crippen LogP contribution in [0.15, 0.2) is 42.5 Å². The van der Waals surface area contributed by atoms with Gasteiger partial charge in [-0.1, -0.05) is 30.3 Å². The van der Waals surface area contributed by atoms with Gasteiger partial charge >= 0.3 is 0 Å². The van der Waals surface area contributed by atoms with Gasteiger partial charge in [-0.15, -0.1) is 0 Å². The fourth-order valence-corrected chi connectivity index (χ4v) is 1.72. The summed E-state index contributed by atoms with van der Waals surface area (Å²) in [6.07, 6.45) is -4.71. The van der Waals surface area contributed by atoms with Crippen LogP contribution >= 0.6 is 0 Å². The summed E-state index contributed by atoms with van der Waals surface area (Å²) in [5, 5.41) is 13.1. The monoisotopic (exact) mass is 265 g/mol. The normalized spacial score (nSPS) is 12.6. The van der Waals surface area contributed by atoms with Crippen molar-refractivity contribution in [3.63, 3.8) is 0 Å². The second-order valence-electron chi connectivity index (χ2n) is 4.17. The first-order valence-corrected chi connectivity index (χ1v) is 5.81. The van der Waals surface area contributed by atoms with Crippen LogP contribution in [0.4, 0.5) is 8.78 Å². The Bertz CT molecular complexity index is 586. The van der Waals surface area contributed by atoms with E-state index in [1.54, 1.807) is 18.2 Å². The number of hydrogen-bond acceptors (Lipinski definition) is 2. The van der Waals surface area contributed by atoms with Crippen LogP contribution in [0, 0.1) is 0 Å². The van der Waals surface area contributed by atoms with Crippen molar-refractivity contribution in [2.45, 2.75) is 12.5 Å². The largest absolute Gasteiger partial charge is 0.385 e. The lowest BCUT2D eigenvalue weighted by Gasteiger charge is -2.11. The van der Waals surface area contributed by atoms with Crippen LogP contribution in [-0.4, -0.2) is 30.1 Å². The van der Waals surface area contributed by atoms with Crippen molar-refractivity contribution in [2.75, 3.05) is 6.54 Å². The molecule has 19 heavy (non-hydrogen) atoms. The van der Waals surface area contributed by atoms with Crippen molar-refractivity contribution in [2.24, 2.45) is 0 Å². The third kappa shape index (κ3) is 3.26. The van der Waals surface area contributed by atoms with Gasteiger partial charge in [0.05, 0.1) is 0 Å². The maximum atomic E-state index is 12.1. The van der Waals surface area contributed by atoms with Crippen molar-refractivity contribution in [1.82, 2.24) is 5.32 Å². The maximum absolute atomic E-state index is 12.1. The van der Waals surface area contributed by atoms with Crippen LogP contribution in [-0.2, 0) is 0 Å². The number of carbonyl (C=O) groups excluding carboxylic acids is 1. The number of nitrogens with one attached hydrogen (secondary N) is 1. The van der Waals surface area contributed by atoms with E-state index in [2.05, 4.69) is 5.32 Å². The van der Waals surface area contributed by atoms with Crippen molar-refractivity contribution >= 4 is 16.7 Å². The molecule has 2 aromatic rings. The van der Waals surface area contributed by atoms with E-state index in [-0.39, 0.29) is 0 Å². The molecule has 0 spiro atoms. The molecule has 2 N–H and O–H groups in total. The number of amides is 1. The Morgan fingerprint density at radius 3 is 2.53 bits per heavy atom. The van der Waals surface area contributed by atoms with E-state index in [9.17, 15) is 13.6 Å². The van der Waals surface area contributed by atoms with E-state index in [1.165, 1.54) is 0 Å². The van der Waals surface area contributed by atoms with Gasteiger partial charge in [0.15, 0.2) is 0 Å². The summed E-state index contributed by atoms with van der Waals surface area (Å²) in [7, 11) is 0. The molecule has 0 heterocycles. The van der Waals surface area contributed by atoms with Gasteiger partial charge in [-0.25, -0.2) is 8.78 Å². The van der Waals surface area contributed by atoms with Gasteiger partial charge in [0.1, 0.15) is 6.10 Å². The highest BCUT2D eigenvalue weighted by Crippen LogP contribution is 2.15. The minimum Gasteiger partial charge on any atom is -0.385 e. The number of benzene rings is 2. The molecular weight excluding hydrogens is 252 g/mol. The molecule has 0 fully saturated rings. The molecule has 0 saturated heterocycles. The Morgan fingerprint density at radius 2 is 1.84 bits per heavy atom. The van der Waals surface area contributed by atoms with Gasteiger partial charge < -0.3 is 10.4 Å². The number of carbonyl (C=O) groups is 1. The fraction of sp³-hybridized carbons (Fsp3) is 0.214. The Kier molecular flexibility index (Phi) is 4.06. The van der Waals surface area contributed by atoms with Gasteiger partial charge in [-0.3, -0.25) is 4.79 Å². The molecule has 2 rings (SSSR count). The van der Waals surface area contributed by atoms with E-state index < -0.39 is 25.0 Å². The van der Waals surface area contributed by atoms with Gasteiger partial charge in [0, 0.05) is 12.1 Å². The Balaban J connectivity index is 2.09. The van der Waals surface area contributed by atoms with Crippen LogP contribution in [0.3, 0.4) is 0 Å². The second kappa shape index (κ2) is 5.75. The average Bonchev–Trinajstić information content (AvgIpc) is 2.43. The van der Waals surface area contributed by atoms with Gasteiger partial charge in [-0.2, -0.15) is 0 Å². The summed E-state index contributed by atoms with van der Waals surface area (Å²) < 4.78 is 24.2. The fourth-order valence-electron chi connectivity index (χ4n) is 1.72. The SMILES string of the molecule is O=C(NCC(O)C(F)F)c1ccc2ccccc2c1. The van der Waals surface area contributed by atoms with Gasteiger partial charge in [0.2, 0.25) is 0 Å². The second-order valence-corrected chi connectivity index (χ2v) is 4.17. The molecule has 0 aliphatic rings. The summed E-state index contributed by atoms with van der Waals surface area (Å²) in [4.78, 5) is 11.7. The molecule has 0 aliphatic heterocycles. The topological polar surface area (TPSA) is 49.3 Å². The highest BCUT2D eigenvalue weighted by molar-refractivity contribution is 5.98. The van der Waals surface area contributed by atoms with Crippen LogP contribution in [0.2, 0.25) is 0 Å². The summed E-state index contributed by atoms with van der Waals surface area (Å²) in [6, 6.07) is 12.6. The van der Waals surface area contributed by atoms with Crippen molar-refractivity contribution < 1.29 is 18.7 Å². The van der Waals surface area contributed by atoms with Gasteiger partial charge in [0.25, 0.3) is 12.3 Å². The zero-order valence-corrected chi connectivity index (χ0v) is 10.0. The Labute approximate surface area is 108 Å². The molecule has 3 nitrogen and oxygen atoms in total. The van der Waals surface area contributed by atoms with E-state index >= 15 is 0 Å². The van der Waals surface area contributed by atoms with E-state index in [0.717, 1.165) is 10.8 Å². The van der Waals surface area contributed by atoms with E-state index in [1.807, 2.05) is 24.3 Å². The number of aliphatic hydroxyl groups is 1. The van der Waals surface area contributed by atoms with Crippen molar-refractivity contribution in [3.05, 3.63) is 48.0 Å². The molecule has 0 aromatic heterocycles. The molecule has 5 heteroatoms. The smallest absolute Gasteiger partial charge is 0.265 e. The molecule has 0 aliphatic carbocycles. The van der Waals surface area contributed by atoms with Crippen molar-refractivity contribution in [1.29, 1.82) is 0 Å². The standard InChI is InChI=1S/C14H13F2NO2/c15-13(16)12(18)8-17-14(19)11-6-5-9-3-1-2-4-10(9)7-11/h1-7,12-13,18H,8H2,(H,17,19). The van der Waals surface area contributed by atoms with E-state index in [4.69, 9.17) is 5.11 Å². The molecule has 0 bridgehead atoms. The molecule has 0 radical (unpaired) electrons. The minimum atomic E-state index is -2.86. The highest BCUT2D eigenvalue weighted by atomic mass is 19.3. The van der Waals surface area contributed by atoms with Crippen LogP contribution < -0.4 is 5.32 Å². The highest BCUT2D eigenvalue weighted by Gasteiger charge is 2.17. The molecular formula is C14H13F2NO2. The summed E-state index contributed by atoms with van der Waals surface area (Å²) in [6.45, 7) is -0.469. The summed E-state index contributed by atoms with van der Waals surface area (Å²) >= 11 is 0. The average molecular weight is 265 g/mol. The zero-order chi connectivity index (χ0) is 13.8. The molecule has 2 aromatic carbocycles. The predicted molar refractivity (Wildman–Crippen MR) is 68.3 cm³/mol. The third-order valence-corrected chi connectivity index (χ3v) is 2.77. The molecule has 0 saturated carbocycles. The number of hydrogen-bond donors (Lipinski definition) is 2. The van der Waals surface area contributed by atoms with Crippen LogP contribution in [0.25, 0.3) is 10.8 Å². The number of fused-ring (bicyclic) bond motifs is 1. The number of halogens is 2. The molecule has 1 unspecified atom stereocenters. The van der Waals surface area contributed by atoms with Crippen LogP contribution in [0.5, 0.6) is 0 Å². The lowest BCUT2D eigenvalue weighted by atomic mass is 10.1.